The van der Waals surface area contributed by atoms with Crippen molar-refractivity contribution < 1.29 is 15.0 Å². The number of aldehydes is 1. The summed E-state index contributed by atoms with van der Waals surface area (Å²) in [5, 5.41) is 19.0. The van der Waals surface area contributed by atoms with Crippen LogP contribution in [0.15, 0.2) is 42.5 Å². The van der Waals surface area contributed by atoms with E-state index in [0.29, 0.717) is 5.56 Å². The third-order valence-corrected chi connectivity index (χ3v) is 2.92. The Hall–Kier alpha value is -2.29. The Kier molecular flexibility index (Phi) is 3.33. The minimum atomic E-state index is -0.522. The van der Waals surface area contributed by atoms with Crippen LogP contribution in [-0.2, 0) is 4.79 Å². The maximum atomic E-state index is 11.3. The molecular weight excluding hydrogens is 228 g/mol. The maximum Gasteiger partial charge on any atom is 0.131 e. The van der Waals surface area contributed by atoms with Gasteiger partial charge in [-0.25, -0.2) is 0 Å². The molecule has 2 aromatic carbocycles. The predicted octanol–water partition coefficient (Wildman–Crippen LogP) is 2.74. The van der Waals surface area contributed by atoms with Crippen LogP contribution in [0.2, 0.25) is 0 Å². The summed E-state index contributed by atoms with van der Waals surface area (Å²) in [6.07, 6.45) is 0.788. The first kappa shape index (κ1) is 12.2. The molecule has 1 unspecified atom stereocenters. The number of carbonyl (C=O) groups is 1. The Morgan fingerprint density at radius 3 is 2.28 bits per heavy atom. The van der Waals surface area contributed by atoms with E-state index < -0.39 is 5.92 Å². The molecule has 0 aliphatic carbocycles. The molecule has 2 aromatic rings. The highest BCUT2D eigenvalue weighted by Gasteiger charge is 2.17. The Morgan fingerprint density at radius 1 is 1.06 bits per heavy atom. The largest absolute Gasteiger partial charge is 0.508 e. The number of hydrogen-bond donors (Lipinski definition) is 2. The summed E-state index contributed by atoms with van der Waals surface area (Å²) in [6, 6.07) is 11.8. The van der Waals surface area contributed by atoms with Gasteiger partial charge in [-0.1, -0.05) is 35.9 Å². The Labute approximate surface area is 105 Å². The van der Waals surface area contributed by atoms with Crippen molar-refractivity contribution in [3.63, 3.8) is 0 Å². The summed E-state index contributed by atoms with van der Waals surface area (Å²) in [6.45, 7) is 1.97. The highest BCUT2D eigenvalue weighted by molar-refractivity contribution is 5.70. The minimum absolute atomic E-state index is 0.0233. The molecule has 1 atom stereocenters. The van der Waals surface area contributed by atoms with Gasteiger partial charge in [0.1, 0.15) is 17.8 Å². The third-order valence-electron chi connectivity index (χ3n) is 2.92. The summed E-state index contributed by atoms with van der Waals surface area (Å²) in [4.78, 5) is 11.3. The predicted molar refractivity (Wildman–Crippen MR) is 68.9 cm³/mol. The van der Waals surface area contributed by atoms with E-state index in [9.17, 15) is 15.0 Å². The van der Waals surface area contributed by atoms with E-state index in [1.807, 2.05) is 31.2 Å². The van der Waals surface area contributed by atoms with Crippen LogP contribution < -0.4 is 0 Å². The fourth-order valence-electron chi connectivity index (χ4n) is 1.90. The normalized spacial score (nSPS) is 12.1. The molecular formula is C15H14O3. The molecule has 3 nitrogen and oxygen atoms in total. The van der Waals surface area contributed by atoms with Crippen molar-refractivity contribution in [1.29, 1.82) is 0 Å². The van der Waals surface area contributed by atoms with Gasteiger partial charge >= 0.3 is 0 Å². The molecule has 0 aliphatic rings. The van der Waals surface area contributed by atoms with Crippen molar-refractivity contribution in [2.75, 3.05) is 0 Å². The maximum absolute atomic E-state index is 11.3. The number of phenolic OH excluding ortho intramolecular Hbond substituents is 2. The number of benzene rings is 2. The van der Waals surface area contributed by atoms with E-state index in [4.69, 9.17) is 0 Å². The lowest BCUT2D eigenvalue weighted by Crippen LogP contribution is -2.02. The van der Waals surface area contributed by atoms with Crippen LogP contribution in [0.4, 0.5) is 0 Å². The Balaban J connectivity index is 2.45. The zero-order valence-corrected chi connectivity index (χ0v) is 10.00. The number of rotatable bonds is 3. The molecule has 0 heterocycles. The number of aryl methyl sites for hydroxylation is 1. The molecule has 0 fully saturated rings. The average molecular weight is 242 g/mol. The lowest BCUT2D eigenvalue weighted by molar-refractivity contribution is -0.108. The fourth-order valence-corrected chi connectivity index (χ4v) is 1.90. The van der Waals surface area contributed by atoms with Crippen LogP contribution in [0.25, 0.3) is 0 Å². The van der Waals surface area contributed by atoms with Gasteiger partial charge in [0.05, 0.1) is 5.92 Å². The van der Waals surface area contributed by atoms with Gasteiger partial charge in [0, 0.05) is 11.6 Å². The lowest BCUT2D eigenvalue weighted by Gasteiger charge is -2.13. The molecule has 92 valence electrons. The molecule has 18 heavy (non-hydrogen) atoms. The monoisotopic (exact) mass is 242 g/mol. The zero-order valence-electron chi connectivity index (χ0n) is 10.00. The van der Waals surface area contributed by atoms with Crippen LogP contribution in [0.1, 0.15) is 22.6 Å². The Bertz CT molecular complexity index is 558. The number of phenols is 2. The summed E-state index contributed by atoms with van der Waals surface area (Å²) >= 11 is 0. The van der Waals surface area contributed by atoms with Crippen LogP contribution in [0.5, 0.6) is 11.5 Å². The fraction of sp³-hybridized carbons (Fsp3) is 0.133. The van der Waals surface area contributed by atoms with Crippen LogP contribution >= 0.6 is 0 Å². The van der Waals surface area contributed by atoms with Crippen molar-refractivity contribution in [2.24, 2.45) is 0 Å². The number of aromatic hydroxyl groups is 2. The molecule has 0 amide bonds. The smallest absolute Gasteiger partial charge is 0.131 e. The van der Waals surface area contributed by atoms with Crippen molar-refractivity contribution >= 4 is 6.29 Å². The van der Waals surface area contributed by atoms with Crippen molar-refractivity contribution in [2.45, 2.75) is 12.8 Å². The van der Waals surface area contributed by atoms with Gasteiger partial charge in [0.2, 0.25) is 0 Å². The van der Waals surface area contributed by atoms with Gasteiger partial charge < -0.3 is 15.0 Å². The second-order valence-electron chi connectivity index (χ2n) is 4.27. The SMILES string of the molecule is Cc1ccc(C(C=O)c2ccc(O)cc2O)cc1. The molecule has 0 saturated heterocycles. The van der Waals surface area contributed by atoms with E-state index in [-0.39, 0.29) is 11.5 Å². The second-order valence-corrected chi connectivity index (χ2v) is 4.27. The highest BCUT2D eigenvalue weighted by atomic mass is 16.3. The average Bonchev–Trinajstić information content (AvgIpc) is 2.35. The molecule has 2 N–H and O–H groups in total. The van der Waals surface area contributed by atoms with E-state index in [1.54, 1.807) is 6.07 Å². The Morgan fingerprint density at radius 2 is 1.72 bits per heavy atom. The molecule has 0 spiro atoms. The first-order valence-corrected chi connectivity index (χ1v) is 5.65. The molecule has 0 bridgehead atoms. The van der Waals surface area contributed by atoms with E-state index in [2.05, 4.69) is 0 Å². The van der Waals surface area contributed by atoms with Crippen molar-refractivity contribution in [3.05, 3.63) is 59.2 Å². The molecule has 0 aliphatic heterocycles. The molecule has 2 rings (SSSR count). The molecule has 3 heteroatoms. The number of hydrogen-bond acceptors (Lipinski definition) is 3. The molecule has 0 aromatic heterocycles. The van der Waals surface area contributed by atoms with Gasteiger partial charge in [-0.3, -0.25) is 0 Å². The summed E-state index contributed by atoms with van der Waals surface area (Å²) in [7, 11) is 0. The first-order chi connectivity index (χ1) is 8.61. The summed E-state index contributed by atoms with van der Waals surface area (Å²) < 4.78 is 0. The van der Waals surface area contributed by atoms with E-state index >= 15 is 0 Å². The highest BCUT2D eigenvalue weighted by Crippen LogP contribution is 2.32. The van der Waals surface area contributed by atoms with Crippen LogP contribution in [0, 0.1) is 6.92 Å². The van der Waals surface area contributed by atoms with Gasteiger partial charge in [0.15, 0.2) is 0 Å². The summed E-state index contributed by atoms with van der Waals surface area (Å²) in [5.74, 6) is -0.622. The first-order valence-electron chi connectivity index (χ1n) is 5.65. The van der Waals surface area contributed by atoms with E-state index in [0.717, 1.165) is 17.4 Å². The van der Waals surface area contributed by atoms with Crippen LogP contribution in [0.3, 0.4) is 0 Å². The minimum Gasteiger partial charge on any atom is -0.508 e. The van der Waals surface area contributed by atoms with Gasteiger partial charge in [-0.2, -0.15) is 0 Å². The standard InChI is InChI=1S/C15H14O3/c1-10-2-4-11(5-3-10)14(9-16)13-7-6-12(17)8-15(13)18/h2-9,14,17-18H,1H3. The van der Waals surface area contributed by atoms with Gasteiger partial charge in [0.25, 0.3) is 0 Å². The quantitative estimate of drug-likeness (QED) is 0.814. The van der Waals surface area contributed by atoms with E-state index in [1.165, 1.54) is 12.1 Å². The number of carbonyl (C=O) groups excluding carboxylic acids is 1. The van der Waals surface area contributed by atoms with Gasteiger partial charge in [-0.05, 0) is 18.6 Å². The molecule has 0 radical (unpaired) electrons. The molecule has 0 saturated carbocycles. The zero-order chi connectivity index (χ0) is 13.1. The third kappa shape index (κ3) is 2.35. The second kappa shape index (κ2) is 4.92. The summed E-state index contributed by atoms with van der Waals surface area (Å²) in [5.41, 5.74) is 2.42. The van der Waals surface area contributed by atoms with Gasteiger partial charge in [-0.15, -0.1) is 0 Å². The lowest BCUT2D eigenvalue weighted by atomic mass is 9.91. The van der Waals surface area contributed by atoms with Crippen molar-refractivity contribution in [1.82, 2.24) is 0 Å². The van der Waals surface area contributed by atoms with Crippen LogP contribution in [-0.4, -0.2) is 16.5 Å². The topological polar surface area (TPSA) is 57.5 Å². The van der Waals surface area contributed by atoms with Crippen molar-refractivity contribution in [3.8, 4) is 11.5 Å².